The maximum Gasteiger partial charge on any atom is 0.244 e. The fourth-order valence-corrected chi connectivity index (χ4v) is 2.98. The highest BCUT2D eigenvalue weighted by atomic mass is 16.5. The molecule has 1 aliphatic heterocycles. The predicted octanol–water partition coefficient (Wildman–Crippen LogP) is 2.31. The highest BCUT2D eigenvalue weighted by molar-refractivity contribution is 5.88. The second-order valence-corrected chi connectivity index (χ2v) is 6.33. The number of allylic oxidation sites excluding steroid dienone is 1. The highest BCUT2D eigenvalue weighted by Gasteiger charge is 2.22. The van der Waals surface area contributed by atoms with Crippen LogP contribution in [0.4, 0.5) is 0 Å². The van der Waals surface area contributed by atoms with Gasteiger partial charge in [-0.2, -0.15) is 0 Å². The Bertz CT molecular complexity index is 625. The van der Waals surface area contributed by atoms with Crippen LogP contribution in [0.2, 0.25) is 0 Å². The van der Waals surface area contributed by atoms with Crippen molar-refractivity contribution in [2.45, 2.75) is 39.2 Å². The summed E-state index contributed by atoms with van der Waals surface area (Å²) in [6.07, 6.45) is 3.82. The van der Waals surface area contributed by atoms with Gasteiger partial charge in [0.2, 0.25) is 11.8 Å². The maximum absolute atomic E-state index is 12.1. The van der Waals surface area contributed by atoms with E-state index in [1.807, 2.05) is 43.0 Å². The summed E-state index contributed by atoms with van der Waals surface area (Å²) in [5.74, 6) is 0.882. The van der Waals surface area contributed by atoms with Gasteiger partial charge in [0.15, 0.2) is 0 Å². The van der Waals surface area contributed by atoms with E-state index in [0.29, 0.717) is 19.4 Å². The molecule has 0 radical (unpaired) electrons. The fraction of sp³-hybridized carbons (Fsp3) is 0.474. The number of benzene rings is 1. The van der Waals surface area contributed by atoms with Crippen molar-refractivity contribution >= 4 is 11.8 Å². The van der Waals surface area contributed by atoms with Crippen LogP contribution in [-0.2, 0) is 16.0 Å². The quantitative estimate of drug-likeness (QED) is 0.781. The van der Waals surface area contributed by atoms with Crippen molar-refractivity contribution in [3.05, 3.63) is 41.5 Å². The minimum atomic E-state index is -0.124. The Hall–Kier alpha value is -2.30. The van der Waals surface area contributed by atoms with Crippen LogP contribution in [0.25, 0.3) is 0 Å². The van der Waals surface area contributed by atoms with E-state index in [2.05, 4.69) is 5.32 Å². The van der Waals surface area contributed by atoms with Crippen molar-refractivity contribution in [3.63, 3.8) is 0 Å². The van der Waals surface area contributed by atoms with Crippen molar-refractivity contribution in [3.8, 4) is 5.75 Å². The van der Waals surface area contributed by atoms with Gasteiger partial charge in [0, 0.05) is 31.6 Å². The third-order valence-electron chi connectivity index (χ3n) is 4.09. The van der Waals surface area contributed by atoms with Gasteiger partial charge in [-0.15, -0.1) is 0 Å². The molecule has 2 rings (SSSR count). The first-order chi connectivity index (χ1) is 11.5. The summed E-state index contributed by atoms with van der Waals surface area (Å²) in [5, 5.41) is 2.93. The number of likely N-dealkylation sites (tertiary alicyclic amines) is 1. The van der Waals surface area contributed by atoms with Crippen LogP contribution in [-0.4, -0.2) is 43.0 Å². The maximum atomic E-state index is 12.1. The Kier molecular flexibility index (Phi) is 6.41. The van der Waals surface area contributed by atoms with Gasteiger partial charge in [0.05, 0.1) is 7.11 Å². The molecule has 1 N–H and O–H groups in total. The van der Waals surface area contributed by atoms with E-state index in [9.17, 15) is 9.59 Å². The number of nitrogens with zero attached hydrogens (tertiary/aromatic N) is 1. The topological polar surface area (TPSA) is 58.6 Å². The Morgan fingerprint density at radius 2 is 2.17 bits per heavy atom. The van der Waals surface area contributed by atoms with Crippen LogP contribution in [0.15, 0.2) is 35.9 Å². The van der Waals surface area contributed by atoms with Gasteiger partial charge in [-0.05, 0) is 38.3 Å². The van der Waals surface area contributed by atoms with Crippen LogP contribution < -0.4 is 10.1 Å². The van der Waals surface area contributed by atoms with Gasteiger partial charge in [-0.1, -0.05) is 23.8 Å². The predicted molar refractivity (Wildman–Crippen MR) is 93.9 cm³/mol. The van der Waals surface area contributed by atoms with Gasteiger partial charge in [-0.25, -0.2) is 0 Å². The molecule has 0 aliphatic carbocycles. The number of nitrogens with one attached hydrogen (secondary N) is 1. The number of ether oxygens (including phenoxy) is 1. The molecule has 0 aromatic heterocycles. The minimum absolute atomic E-state index is 0.0603. The highest BCUT2D eigenvalue weighted by Crippen LogP contribution is 2.20. The summed E-state index contributed by atoms with van der Waals surface area (Å²) in [5.41, 5.74) is 2.01. The lowest BCUT2D eigenvalue weighted by Gasteiger charge is -2.21. The first kappa shape index (κ1) is 18.0. The number of hydrogen-bond donors (Lipinski definition) is 1. The molecule has 1 atom stereocenters. The molecule has 0 saturated carbocycles. The number of hydrogen-bond acceptors (Lipinski definition) is 3. The molecular weight excluding hydrogens is 304 g/mol. The number of carbonyl (C=O) groups excluding carboxylic acids is 2. The standard InChI is InChI=1S/C19H26N2O3/c1-14(11-16-7-4-5-8-17(16)24-3)12-18(22)20-15(2)13-21-10-6-9-19(21)23/h4-5,7-8,12,15H,6,9-11,13H2,1-3H3,(H,20,22)/b14-12-/t15-/m0/s1. The number of rotatable bonds is 7. The van der Waals surface area contributed by atoms with Crippen molar-refractivity contribution in [1.82, 2.24) is 10.2 Å². The number of amides is 2. The third-order valence-corrected chi connectivity index (χ3v) is 4.09. The molecule has 0 bridgehead atoms. The van der Waals surface area contributed by atoms with Gasteiger partial charge >= 0.3 is 0 Å². The first-order valence-corrected chi connectivity index (χ1v) is 8.37. The Morgan fingerprint density at radius 3 is 2.83 bits per heavy atom. The van der Waals surface area contributed by atoms with E-state index in [0.717, 1.165) is 29.9 Å². The van der Waals surface area contributed by atoms with E-state index in [1.165, 1.54) is 0 Å². The average molecular weight is 330 g/mol. The molecule has 5 nitrogen and oxygen atoms in total. The Morgan fingerprint density at radius 1 is 1.42 bits per heavy atom. The summed E-state index contributed by atoms with van der Waals surface area (Å²) in [6, 6.07) is 7.73. The zero-order chi connectivity index (χ0) is 17.5. The summed E-state index contributed by atoms with van der Waals surface area (Å²) in [7, 11) is 1.64. The minimum Gasteiger partial charge on any atom is -0.496 e. The smallest absolute Gasteiger partial charge is 0.244 e. The molecule has 2 amide bonds. The zero-order valence-corrected chi connectivity index (χ0v) is 14.7. The molecule has 130 valence electrons. The lowest BCUT2D eigenvalue weighted by atomic mass is 10.0. The lowest BCUT2D eigenvalue weighted by molar-refractivity contribution is -0.128. The number of carbonyl (C=O) groups is 2. The molecule has 1 heterocycles. The summed E-state index contributed by atoms with van der Waals surface area (Å²) < 4.78 is 5.33. The molecule has 1 aromatic rings. The van der Waals surface area contributed by atoms with E-state index in [1.54, 1.807) is 13.2 Å². The Balaban J connectivity index is 1.87. The summed E-state index contributed by atoms with van der Waals surface area (Å²) in [4.78, 5) is 25.6. The van der Waals surface area contributed by atoms with Crippen LogP contribution in [0, 0.1) is 0 Å². The zero-order valence-electron chi connectivity index (χ0n) is 14.7. The fourth-order valence-electron chi connectivity index (χ4n) is 2.98. The average Bonchev–Trinajstić information content (AvgIpc) is 2.92. The number of para-hydroxylation sites is 1. The lowest BCUT2D eigenvalue weighted by Crippen LogP contribution is -2.41. The molecule has 0 spiro atoms. The molecule has 1 aromatic carbocycles. The SMILES string of the molecule is COc1ccccc1C/C(C)=C\C(=O)N[C@@H](C)CN1CCCC1=O. The molecule has 1 saturated heterocycles. The molecular formula is C19H26N2O3. The van der Waals surface area contributed by atoms with Gasteiger partial charge in [0.25, 0.3) is 0 Å². The van der Waals surface area contributed by atoms with E-state index in [-0.39, 0.29) is 17.9 Å². The summed E-state index contributed by atoms with van der Waals surface area (Å²) >= 11 is 0. The van der Waals surface area contributed by atoms with Gasteiger partial charge in [0.1, 0.15) is 5.75 Å². The van der Waals surface area contributed by atoms with Crippen LogP contribution in [0.1, 0.15) is 32.3 Å². The van der Waals surface area contributed by atoms with Gasteiger partial charge in [-0.3, -0.25) is 9.59 Å². The second kappa shape index (κ2) is 8.52. The van der Waals surface area contributed by atoms with Crippen molar-refractivity contribution < 1.29 is 14.3 Å². The van der Waals surface area contributed by atoms with E-state index < -0.39 is 0 Å². The van der Waals surface area contributed by atoms with Crippen molar-refractivity contribution in [2.75, 3.05) is 20.2 Å². The van der Waals surface area contributed by atoms with E-state index in [4.69, 9.17) is 4.74 Å². The summed E-state index contributed by atoms with van der Waals surface area (Å²) in [6.45, 7) is 5.22. The molecule has 1 aliphatic rings. The van der Waals surface area contributed by atoms with Crippen molar-refractivity contribution in [1.29, 1.82) is 0 Å². The van der Waals surface area contributed by atoms with Gasteiger partial charge < -0.3 is 15.0 Å². The second-order valence-electron chi connectivity index (χ2n) is 6.33. The molecule has 1 fully saturated rings. The third kappa shape index (κ3) is 5.11. The first-order valence-electron chi connectivity index (χ1n) is 8.37. The van der Waals surface area contributed by atoms with Crippen LogP contribution in [0.3, 0.4) is 0 Å². The largest absolute Gasteiger partial charge is 0.496 e. The Labute approximate surface area is 143 Å². The van der Waals surface area contributed by atoms with Crippen LogP contribution >= 0.6 is 0 Å². The van der Waals surface area contributed by atoms with Crippen LogP contribution in [0.5, 0.6) is 5.75 Å². The molecule has 5 heteroatoms. The molecule has 0 unspecified atom stereocenters. The normalized spacial score (nSPS) is 16.2. The monoisotopic (exact) mass is 330 g/mol. The molecule has 24 heavy (non-hydrogen) atoms. The van der Waals surface area contributed by atoms with E-state index >= 15 is 0 Å². The number of methoxy groups -OCH3 is 1. The van der Waals surface area contributed by atoms with Crippen molar-refractivity contribution in [2.24, 2.45) is 0 Å².